The third kappa shape index (κ3) is 6.90. The summed E-state index contributed by atoms with van der Waals surface area (Å²) in [6.07, 6.45) is 8.62. The van der Waals surface area contributed by atoms with Gasteiger partial charge in [-0.25, -0.2) is 9.97 Å². The number of benzene rings is 4. The normalized spacial score (nSPS) is 12.1. The van der Waals surface area contributed by atoms with Crippen LogP contribution in [0.5, 0.6) is 0 Å². The van der Waals surface area contributed by atoms with Gasteiger partial charge < -0.3 is 9.97 Å². The predicted molar refractivity (Wildman–Crippen MR) is 243 cm³/mol. The summed E-state index contributed by atoms with van der Waals surface area (Å²) in [6, 6.07) is 43.5. The molecule has 0 saturated heterocycles. The number of alkyl halides is 3. The van der Waals surface area contributed by atoms with Crippen LogP contribution in [0, 0.1) is 6.92 Å². The van der Waals surface area contributed by atoms with Crippen molar-refractivity contribution in [3.05, 3.63) is 166 Å². The van der Waals surface area contributed by atoms with E-state index in [9.17, 15) is 0 Å². The van der Waals surface area contributed by atoms with Crippen molar-refractivity contribution in [2.24, 2.45) is 0 Å². The fourth-order valence-electron chi connectivity index (χ4n) is 7.65. The maximum Gasteiger partial charge on any atom is 0.0737 e. The number of rotatable bonds is 7. The van der Waals surface area contributed by atoms with E-state index in [2.05, 4.69) is 210 Å². The Labute approximate surface area is 345 Å². The molecule has 4 nitrogen and oxygen atoms in total. The number of hydrogen-bond donors (Lipinski definition) is 2. The first-order chi connectivity index (χ1) is 27.0. The summed E-state index contributed by atoms with van der Waals surface area (Å²) in [6.45, 7) is 2.14. The molecule has 2 N–H and O–H groups in total. The number of H-pyrrole nitrogens is 2. The quantitative estimate of drug-likeness (QED) is 0.157. The number of aryl methyl sites for hydroxylation is 1. The van der Waals surface area contributed by atoms with E-state index in [1.807, 2.05) is 0 Å². The monoisotopic (exact) mass is 904 g/mol. The summed E-state index contributed by atoms with van der Waals surface area (Å²) >= 11 is 11.1. The zero-order valence-corrected chi connectivity index (χ0v) is 34.8. The van der Waals surface area contributed by atoms with Gasteiger partial charge in [0, 0.05) is 60.3 Å². The largest absolute Gasteiger partial charge is 0.354 e. The molecule has 5 heterocycles. The molecule has 55 heavy (non-hydrogen) atoms. The molecule has 0 fully saturated rings. The average Bonchev–Trinajstić information content (AvgIpc) is 4.06. The Balaban J connectivity index is 1.48. The Morgan fingerprint density at radius 3 is 1.02 bits per heavy atom. The molecule has 268 valence electrons. The van der Waals surface area contributed by atoms with Gasteiger partial charge in [-0.05, 0) is 94.4 Å². The molecule has 8 bridgehead atoms. The second-order valence-electron chi connectivity index (χ2n) is 13.9. The maximum atomic E-state index is 5.47. The Kier molecular flexibility index (Phi) is 9.85. The molecule has 0 spiro atoms. The second-order valence-corrected chi connectivity index (χ2v) is 15.6. The van der Waals surface area contributed by atoms with Crippen molar-refractivity contribution in [3.63, 3.8) is 0 Å². The molecule has 2 aliphatic rings. The fraction of sp³-hybridized carbons (Fsp3) is 0.0833. The van der Waals surface area contributed by atoms with E-state index in [0.717, 1.165) is 105 Å². The molecule has 7 heteroatoms. The minimum atomic E-state index is 0.759. The number of nitrogens with one attached hydrogen (secondary N) is 2. The Bertz CT molecular complexity index is 2810. The molecule has 0 amide bonds. The van der Waals surface area contributed by atoms with Crippen LogP contribution in [0.4, 0.5) is 0 Å². The summed E-state index contributed by atoms with van der Waals surface area (Å²) in [5, 5.41) is 2.28. The van der Waals surface area contributed by atoms with Gasteiger partial charge in [-0.1, -0.05) is 150 Å². The lowest BCUT2D eigenvalue weighted by Crippen LogP contribution is -1.91. The SMILES string of the molecule is Cc1cccc(-c2c3nc(c(-c4cccc(CBr)c4)c4ccc([nH]4)c(-c4cccc(CBr)c4)c4nc(c(-c5cccc(CBr)c5)c5ccc2[nH]5)C=C4)C=C3)c1. The van der Waals surface area contributed by atoms with E-state index in [1.54, 1.807) is 0 Å². The van der Waals surface area contributed by atoms with Crippen molar-refractivity contribution in [1.29, 1.82) is 0 Å². The van der Waals surface area contributed by atoms with Crippen molar-refractivity contribution >= 4 is 94.2 Å². The lowest BCUT2D eigenvalue weighted by atomic mass is 10.0. The number of fused-ring (bicyclic) bond motifs is 8. The number of aromatic amines is 2. The van der Waals surface area contributed by atoms with E-state index in [1.165, 1.54) is 22.3 Å². The van der Waals surface area contributed by atoms with Crippen LogP contribution < -0.4 is 0 Å². The number of aromatic nitrogens is 4. The van der Waals surface area contributed by atoms with Gasteiger partial charge in [-0.3, -0.25) is 0 Å². The van der Waals surface area contributed by atoms with E-state index in [-0.39, 0.29) is 0 Å². The van der Waals surface area contributed by atoms with Crippen molar-refractivity contribution < 1.29 is 0 Å². The smallest absolute Gasteiger partial charge is 0.0737 e. The highest BCUT2D eigenvalue weighted by Crippen LogP contribution is 2.39. The molecule has 0 radical (unpaired) electrons. The Hall–Kier alpha value is -5.08. The first-order valence-electron chi connectivity index (χ1n) is 18.2. The molecule has 9 rings (SSSR count). The van der Waals surface area contributed by atoms with Crippen LogP contribution in [-0.2, 0) is 16.0 Å². The van der Waals surface area contributed by atoms with Crippen LogP contribution in [0.1, 0.15) is 45.0 Å². The van der Waals surface area contributed by atoms with Gasteiger partial charge >= 0.3 is 0 Å². The average molecular weight is 908 g/mol. The maximum absolute atomic E-state index is 5.47. The van der Waals surface area contributed by atoms with Crippen molar-refractivity contribution in [3.8, 4) is 44.5 Å². The number of hydrogen-bond acceptors (Lipinski definition) is 2. The van der Waals surface area contributed by atoms with Gasteiger partial charge in [-0.15, -0.1) is 0 Å². The zero-order valence-electron chi connectivity index (χ0n) is 30.0. The summed E-state index contributed by atoms with van der Waals surface area (Å²) in [7, 11) is 0. The van der Waals surface area contributed by atoms with Gasteiger partial charge in [-0.2, -0.15) is 0 Å². The first kappa shape index (κ1) is 35.6. The van der Waals surface area contributed by atoms with E-state index in [4.69, 9.17) is 9.97 Å². The lowest BCUT2D eigenvalue weighted by Gasteiger charge is -2.08. The molecule has 4 aromatic carbocycles. The van der Waals surface area contributed by atoms with Crippen molar-refractivity contribution in [2.45, 2.75) is 22.9 Å². The standard InChI is InChI=1S/C48H35Br3N4/c1-29-6-2-10-33(22-29)45-37-14-16-39(52-37)46(34-11-3-7-30(23-34)26-49)41-18-20-43(54-41)48(36-13-5-9-32(25-36)28-51)44-21-19-42(55-44)47(40-17-15-38(45)53-40)35-12-4-8-31(24-35)27-50/h2-25,52,55H,26-28H2,1H3. The summed E-state index contributed by atoms with van der Waals surface area (Å²) < 4.78 is 0. The predicted octanol–water partition coefficient (Wildman–Crippen LogP) is 14.3. The zero-order chi connectivity index (χ0) is 37.5. The van der Waals surface area contributed by atoms with Crippen LogP contribution in [0.15, 0.2) is 121 Å². The van der Waals surface area contributed by atoms with Crippen LogP contribution in [0.3, 0.4) is 0 Å². The summed E-state index contributed by atoms with van der Waals surface area (Å²) in [4.78, 5) is 18.7. The topological polar surface area (TPSA) is 57.4 Å². The highest BCUT2D eigenvalue weighted by atomic mass is 79.9. The minimum absolute atomic E-state index is 0.759. The molecular weight excluding hydrogens is 872 g/mol. The molecule has 0 unspecified atom stereocenters. The van der Waals surface area contributed by atoms with Gasteiger partial charge in [0.15, 0.2) is 0 Å². The van der Waals surface area contributed by atoms with Gasteiger partial charge in [0.2, 0.25) is 0 Å². The number of nitrogens with zero attached hydrogens (tertiary/aromatic N) is 2. The van der Waals surface area contributed by atoms with Crippen LogP contribution >= 0.6 is 47.8 Å². The van der Waals surface area contributed by atoms with Gasteiger partial charge in [0.05, 0.1) is 22.8 Å². The molecule has 2 aliphatic heterocycles. The van der Waals surface area contributed by atoms with Crippen LogP contribution in [0.25, 0.3) is 90.9 Å². The highest BCUT2D eigenvalue weighted by Gasteiger charge is 2.19. The molecular formula is C48H35Br3N4. The summed E-state index contributed by atoms with van der Waals surface area (Å²) in [5.41, 5.74) is 20.8. The fourth-order valence-corrected chi connectivity index (χ4v) is 8.70. The van der Waals surface area contributed by atoms with E-state index >= 15 is 0 Å². The number of halogens is 3. The Morgan fingerprint density at radius 1 is 0.400 bits per heavy atom. The van der Waals surface area contributed by atoms with Gasteiger partial charge in [0.1, 0.15) is 0 Å². The molecule has 0 aliphatic carbocycles. The lowest BCUT2D eigenvalue weighted by molar-refractivity contribution is 1.30. The molecule has 0 atom stereocenters. The van der Waals surface area contributed by atoms with Crippen molar-refractivity contribution in [2.75, 3.05) is 0 Å². The van der Waals surface area contributed by atoms with Crippen molar-refractivity contribution in [1.82, 2.24) is 19.9 Å². The molecule has 0 saturated carbocycles. The van der Waals surface area contributed by atoms with Crippen LogP contribution in [0.2, 0.25) is 0 Å². The first-order valence-corrected chi connectivity index (χ1v) is 21.5. The third-order valence-corrected chi connectivity index (χ3v) is 12.1. The minimum Gasteiger partial charge on any atom is -0.354 e. The molecule has 3 aromatic heterocycles. The van der Waals surface area contributed by atoms with Crippen LogP contribution in [-0.4, -0.2) is 19.9 Å². The van der Waals surface area contributed by atoms with E-state index < -0.39 is 0 Å². The Morgan fingerprint density at radius 2 is 0.709 bits per heavy atom. The highest BCUT2D eigenvalue weighted by molar-refractivity contribution is 9.09. The third-order valence-electron chi connectivity index (χ3n) is 10.2. The van der Waals surface area contributed by atoms with E-state index in [0.29, 0.717) is 0 Å². The molecule has 7 aromatic rings. The van der Waals surface area contributed by atoms with Gasteiger partial charge in [0.25, 0.3) is 0 Å². The summed E-state index contributed by atoms with van der Waals surface area (Å²) in [5.74, 6) is 0. The second kappa shape index (κ2) is 15.2.